The number of fused-ring (bicyclic) bond motifs is 1. The van der Waals surface area contributed by atoms with Crippen LogP contribution in [-0.2, 0) is 0 Å². The zero-order valence-corrected chi connectivity index (χ0v) is 15.2. The molecule has 1 unspecified atom stereocenters. The summed E-state index contributed by atoms with van der Waals surface area (Å²) in [7, 11) is 0. The van der Waals surface area contributed by atoms with Gasteiger partial charge in [-0.1, -0.05) is 106 Å². The van der Waals surface area contributed by atoms with Crippen LogP contribution in [0.25, 0.3) is 21.9 Å². The lowest BCUT2D eigenvalue weighted by Gasteiger charge is -2.19. The second-order valence-electron chi connectivity index (χ2n) is 6.93. The summed E-state index contributed by atoms with van der Waals surface area (Å²) in [6, 6.07) is 23.8. The number of nitrogens with two attached hydrogens (primary N) is 1. The van der Waals surface area contributed by atoms with Gasteiger partial charge in [-0.3, -0.25) is 0 Å². The first kappa shape index (κ1) is 17.7. The molecular formula is C24H29N. The molecule has 25 heavy (non-hydrogen) atoms. The topological polar surface area (TPSA) is 26.0 Å². The van der Waals surface area contributed by atoms with Crippen molar-refractivity contribution in [3.63, 3.8) is 0 Å². The molecule has 3 rings (SSSR count). The Labute approximate surface area is 151 Å². The van der Waals surface area contributed by atoms with Gasteiger partial charge in [-0.2, -0.15) is 0 Å². The maximum absolute atomic E-state index is 6.64. The third-order valence-electron chi connectivity index (χ3n) is 5.04. The molecule has 3 aromatic carbocycles. The highest BCUT2D eigenvalue weighted by atomic mass is 14.6. The number of benzene rings is 3. The molecule has 0 saturated heterocycles. The summed E-state index contributed by atoms with van der Waals surface area (Å²) in [6.45, 7) is 2.26. The summed E-state index contributed by atoms with van der Waals surface area (Å²) >= 11 is 0. The van der Waals surface area contributed by atoms with E-state index >= 15 is 0 Å². The van der Waals surface area contributed by atoms with Gasteiger partial charge in [0.1, 0.15) is 0 Å². The van der Waals surface area contributed by atoms with Crippen LogP contribution in [0.15, 0.2) is 66.7 Å². The van der Waals surface area contributed by atoms with Crippen LogP contribution in [0.3, 0.4) is 0 Å². The van der Waals surface area contributed by atoms with Crippen molar-refractivity contribution in [2.45, 2.75) is 51.5 Å². The van der Waals surface area contributed by atoms with E-state index in [1.54, 1.807) is 0 Å². The van der Waals surface area contributed by atoms with Crippen LogP contribution in [0.4, 0.5) is 0 Å². The van der Waals surface area contributed by atoms with Crippen LogP contribution < -0.4 is 5.73 Å². The van der Waals surface area contributed by atoms with Crippen molar-refractivity contribution >= 4 is 10.8 Å². The van der Waals surface area contributed by atoms with Crippen LogP contribution in [0.5, 0.6) is 0 Å². The van der Waals surface area contributed by atoms with Gasteiger partial charge in [0, 0.05) is 6.04 Å². The Morgan fingerprint density at radius 2 is 1.48 bits per heavy atom. The smallest absolute Gasteiger partial charge is 0.0301 e. The third kappa shape index (κ3) is 4.29. The van der Waals surface area contributed by atoms with Gasteiger partial charge in [-0.15, -0.1) is 0 Å². The van der Waals surface area contributed by atoms with Crippen LogP contribution >= 0.6 is 0 Å². The van der Waals surface area contributed by atoms with Crippen LogP contribution in [-0.4, -0.2) is 0 Å². The zero-order valence-electron chi connectivity index (χ0n) is 15.2. The van der Waals surface area contributed by atoms with Crippen molar-refractivity contribution in [1.29, 1.82) is 0 Å². The lowest BCUT2D eigenvalue weighted by molar-refractivity contribution is 0.556. The molecule has 0 aliphatic carbocycles. The van der Waals surface area contributed by atoms with E-state index in [1.807, 2.05) is 0 Å². The van der Waals surface area contributed by atoms with E-state index in [9.17, 15) is 0 Å². The van der Waals surface area contributed by atoms with Gasteiger partial charge in [0.05, 0.1) is 0 Å². The molecule has 0 saturated carbocycles. The highest BCUT2D eigenvalue weighted by molar-refractivity contribution is 5.98. The average Bonchev–Trinajstić information content (AvgIpc) is 2.67. The first-order chi connectivity index (χ1) is 12.3. The maximum atomic E-state index is 6.64. The summed E-state index contributed by atoms with van der Waals surface area (Å²) in [5, 5.41) is 2.58. The molecule has 0 aromatic heterocycles. The van der Waals surface area contributed by atoms with E-state index in [2.05, 4.69) is 73.7 Å². The average molecular weight is 332 g/mol. The van der Waals surface area contributed by atoms with E-state index < -0.39 is 0 Å². The van der Waals surface area contributed by atoms with Crippen molar-refractivity contribution in [3.05, 3.63) is 72.3 Å². The molecular weight excluding hydrogens is 302 g/mol. The van der Waals surface area contributed by atoms with E-state index in [-0.39, 0.29) is 6.04 Å². The van der Waals surface area contributed by atoms with Crippen LogP contribution in [0.1, 0.15) is 57.1 Å². The number of rotatable bonds is 8. The Kier molecular flexibility index (Phi) is 6.25. The molecule has 0 spiro atoms. The molecule has 130 valence electrons. The van der Waals surface area contributed by atoms with Crippen molar-refractivity contribution < 1.29 is 0 Å². The van der Waals surface area contributed by atoms with Gasteiger partial charge in [-0.05, 0) is 33.9 Å². The first-order valence-electron chi connectivity index (χ1n) is 9.64. The Balaban J connectivity index is 1.92. The van der Waals surface area contributed by atoms with E-state index in [0.29, 0.717) is 0 Å². The number of hydrogen-bond donors (Lipinski definition) is 1. The van der Waals surface area contributed by atoms with Crippen LogP contribution in [0, 0.1) is 0 Å². The second kappa shape index (κ2) is 8.82. The molecule has 0 bridgehead atoms. The largest absolute Gasteiger partial charge is 0.324 e. The predicted molar refractivity (Wildman–Crippen MR) is 110 cm³/mol. The van der Waals surface area contributed by atoms with Gasteiger partial charge < -0.3 is 5.73 Å². The molecule has 1 nitrogen and oxygen atoms in total. The van der Waals surface area contributed by atoms with E-state index in [1.165, 1.54) is 59.6 Å². The molecule has 0 fully saturated rings. The number of hydrogen-bond acceptors (Lipinski definition) is 1. The maximum Gasteiger partial charge on any atom is 0.0301 e. The molecule has 1 heteroatoms. The standard InChI is InChI=1S/C24H29N/c1-2-3-4-5-9-16-23(25)22-18-17-19-12-10-11-15-21(19)24(22)20-13-7-6-8-14-20/h6-8,10-15,17-18,23H,2-5,9,16,25H2,1H3. The van der Waals surface area contributed by atoms with Crippen molar-refractivity contribution in [1.82, 2.24) is 0 Å². The lowest BCUT2D eigenvalue weighted by atomic mass is 9.88. The summed E-state index contributed by atoms with van der Waals surface area (Å²) in [5.41, 5.74) is 10.5. The van der Waals surface area contributed by atoms with Crippen LogP contribution in [0.2, 0.25) is 0 Å². The molecule has 0 aliphatic rings. The Hall–Kier alpha value is -2.12. The number of unbranched alkanes of at least 4 members (excludes halogenated alkanes) is 4. The van der Waals surface area contributed by atoms with Gasteiger partial charge in [-0.25, -0.2) is 0 Å². The highest BCUT2D eigenvalue weighted by Gasteiger charge is 2.15. The first-order valence-corrected chi connectivity index (χ1v) is 9.64. The molecule has 0 amide bonds. The third-order valence-corrected chi connectivity index (χ3v) is 5.04. The molecule has 1 atom stereocenters. The summed E-state index contributed by atoms with van der Waals surface area (Å²) < 4.78 is 0. The molecule has 0 aliphatic heterocycles. The minimum Gasteiger partial charge on any atom is -0.324 e. The van der Waals surface area contributed by atoms with E-state index in [4.69, 9.17) is 5.73 Å². The molecule has 2 N–H and O–H groups in total. The normalized spacial score (nSPS) is 12.4. The SMILES string of the molecule is CCCCCCCC(N)c1ccc2ccccc2c1-c1ccccc1. The Morgan fingerprint density at radius 3 is 2.28 bits per heavy atom. The van der Waals surface area contributed by atoms with Gasteiger partial charge >= 0.3 is 0 Å². The van der Waals surface area contributed by atoms with E-state index in [0.717, 1.165) is 6.42 Å². The Morgan fingerprint density at radius 1 is 0.760 bits per heavy atom. The quantitative estimate of drug-likeness (QED) is 0.448. The highest BCUT2D eigenvalue weighted by Crippen LogP contribution is 2.36. The Bertz CT molecular complexity index is 792. The lowest BCUT2D eigenvalue weighted by Crippen LogP contribution is -2.11. The van der Waals surface area contributed by atoms with Gasteiger partial charge in [0.25, 0.3) is 0 Å². The van der Waals surface area contributed by atoms with Crippen molar-refractivity contribution in [2.75, 3.05) is 0 Å². The summed E-state index contributed by atoms with van der Waals surface area (Å²) in [6.07, 6.45) is 7.50. The molecule has 0 radical (unpaired) electrons. The molecule has 0 heterocycles. The predicted octanol–water partition coefficient (Wildman–Crippen LogP) is 6.87. The van der Waals surface area contributed by atoms with Gasteiger partial charge in [0.2, 0.25) is 0 Å². The molecule has 3 aromatic rings. The minimum absolute atomic E-state index is 0.0986. The monoisotopic (exact) mass is 331 g/mol. The fraction of sp³-hybridized carbons (Fsp3) is 0.333. The van der Waals surface area contributed by atoms with Crippen molar-refractivity contribution in [3.8, 4) is 11.1 Å². The fourth-order valence-electron chi connectivity index (χ4n) is 3.65. The summed E-state index contributed by atoms with van der Waals surface area (Å²) in [4.78, 5) is 0. The van der Waals surface area contributed by atoms with Crippen molar-refractivity contribution in [2.24, 2.45) is 5.73 Å². The fourth-order valence-corrected chi connectivity index (χ4v) is 3.65. The van der Waals surface area contributed by atoms with Gasteiger partial charge in [0.15, 0.2) is 0 Å². The second-order valence-corrected chi connectivity index (χ2v) is 6.93. The zero-order chi connectivity index (χ0) is 17.5. The minimum atomic E-state index is 0.0986. The summed E-state index contributed by atoms with van der Waals surface area (Å²) in [5.74, 6) is 0.